The maximum absolute atomic E-state index is 13.2. The molecule has 3 aromatic rings. The topological polar surface area (TPSA) is 105 Å². The number of nitrogens with zero attached hydrogens (tertiary/aromatic N) is 1. The Morgan fingerprint density at radius 2 is 1.87 bits per heavy atom. The van der Waals surface area contributed by atoms with Gasteiger partial charge in [-0.05, 0) is 68.3 Å². The maximum atomic E-state index is 13.2. The Morgan fingerprint density at radius 3 is 2.56 bits per heavy atom. The highest BCUT2D eigenvalue weighted by Crippen LogP contribution is 2.38. The second kappa shape index (κ2) is 12.4. The van der Waals surface area contributed by atoms with Gasteiger partial charge in [-0.25, -0.2) is 9.18 Å². The first kappa shape index (κ1) is 28.3. The molecule has 1 aromatic heterocycles. The van der Waals surface area contributed by atoms with Crippen LogP contribution in [0.2, 0.25) is 0 Å². The lowest BCUT2D eigenvalue weighted by atomic mass is 10.0. The van der Waals surface area contributed by atoms with Crippen molar-refractivity contribution in [1.29, 1.82) is 0 Å². The van der Waals surface area contributed by atoms with Crippen LogP contribution in [0.3, 0.4) is 0 Å². The molecule has 1 atom stereocenters. The Labute approximate surface area is 233 Å². The minimum atomic E-state index is -0.532. The van der Waals surface area contributed by atoms with Gasteiger partial charge in [-0.2, -0.15) is 0 Å². The van der Waals surface area contributed by atoms with Gasteiger partial charge in [0.1, 0.15) is 10.8 Å². The maximum Gasteiger partial charge on any atom is 0.341 e. The number of nitrogens with one attached hydrogen (secondary N) is 2. The smallest absolute Gasteiger partial charge is 0.341 e. The highest BCUT2D eigenvalue weighted by molar-refractivity contribution is 8.00. The summed E-state index contributed by atoms with van der Waals surface area (Å²) < 4.78 is 18.4. The van der Waals surface area contributed by atoms with E-state index >= 15 is 0 Å². The van der Waals surface area contributed by atoms with Crippen molar-refractivity contribution in [2.45, 2.75) is 43.9 Å². The molecule has 1 aliphatic heterocycles. The summed E-state index contributed by atoms with van der Waals surface area (Å²) >= 11 is 2.59. The molecule has 4 rings (SSSR count). The molecule has 204 valence electrons. The molecule has 0 saturated heterocycles. The molecule has 0 bridgehead atoms. The van der Waals surface area contributed by atoms with E-state index in [-0.39, 0.29) is 24.3 Å². The van der Waals surface area contributed by atoms with Gasteiger partial charge in [0.2, 0.25) is 11.8 Å². The minimum Gasteiger partial charge on any atom is -0.462 e. The zero-order valence-electron chi connectivity index (χ0n) is 21.7. The van der Waals surface area contributed by atoms with Gasteiger partial charge in [0.15, 0.2) is 0 Å². The summed E-state index contributed by atoms with van der Waals surface area (Å²) in [4.78, 5) is 53.6. The summed E-state index contributed by atoms with van der Waals surface area (Å²) in [5.74, 6) is -1.63. The molecular weight excluding hydrogens is 541 g/mol. The van der Waals surface area contributed by atoms with E-state index in [0.717, 1.165) is 15.3 Å². The Bertz CT molecular complexity index is 1410. The largest absolute Gasteiger partial charge is 0.462 e. The number of carbonyl (C=O) groups excluding carboxylic acids is 4. The predicted octanol–water partition coefficient (Wildman–Crippen LogP) is 5.34. The van der Waals surface area contributed by atoms with Gasteiger partial charge in [0.25, 0.3) is 5.91 Å². The number of anilines is 2. The number of carbonyl (C=O) groups is 4. The zero-order valence-corrected chi connectivity index (χ0v) is 23.3. The van der Waals surface area contributed by atoms with Crippen LogP contribution >= 0.6 is 23.1 Å². The summed E-state index contributed by atoms with van der Waals surface area (Å²) in [6.07, 6.45) is 0.510. The number of amides is 3. The number of thioether (sulfide) groups is 1. The summed E-state index contributed by atoms with van der Waals surface area (Å²) in [7, 11) is 0. The zero-order chi connectivity index (χ0) is 28.1. The third-order valence-corrected chi connectivity index (χ3v) is 8.32. The van der Waals surface area contributed by atoms with Gasteiger partial charge in [0.05, 0.1) is 24.0 Å². The number of hydrogen-bond donors (Lipinski definition) is 2. The molecule has 0 radical (unpaired) electrons. The summed E-state index contributed by atoms with van der Waals surface area (Å²) in [5.41, 5.74) is 2.03. The van der Waals surface area contributed by atoms with Gasteiger partial charge >= 0.3 is 5.97 Å². The summed E-state index contributed by atoms with van der Waals surface area (Å²) in [6, 6.07) is 12.3. The van der Waals surface area contributed by atoms with Crippen LogP contribution in [0, 0.1) is 5.82 Å². The molecule has 11 heteroatoms. The minimum absolute atomic E-state index is 0.0431. The number of thiophene rings is 1. The molecule has 2 aromatic carbocycles. The lowest BCUT2D eigenvalue weighted by Gasteiger charge is -2.25. The van der Waals surface area contributed by atoms with Crippen molar-refractivity contribution in [1.82, 2.24) is 4.90 Å². The molecule has 3 amide bonds. The first-order valence-electron chi connectivity index (χ1n) is 12.4. The summed E-state index contributed by atoms with van der Waals surface area (Å²) in [5, 5.41) is 5.56. The molecule has 0 spiro atoms. The van der Waals surface area contributed by atoms with Crippen LogP contribution in [0.25, 0.3) is 0 Å². The Kier molecular flexibility index (Phi) is 9.03. The quantitative estimate of drug-likeness (QED) is 0.280. The van der Waals surface area contributed by atoms with Crippen LogP contribution < -0.4 is 10.6 Å². The standard InChI is InChI=1S/C28H28FN3O5S2/c1-4-37-28(36)24-22-12-13-32(17(3)33)15-23(22)39-27(24)31-25(34)16(2)38-21-7-5-6-20(14-21)30-26(35)18-8-10-19(29)11-9-18/h5-11,14,16H,4,12-13,15H2,1-3H3,(H,30,35)(H,31,34). The van der Waals surface area contributed by atoms with E-state index in [0.29, 0.717) is 41.3 Å². The van der Waals surface area contributed by atoms with E-state index in [1.807, 2.05) is 6.07 Å². The molecule has 1 aliphatic rings. The van der Waals surface area contributed by atoms with Gasteiger partial charge in [-0.1, -0.05) is 6.07 Å². The molecular formula is C28H28FN3O5S2. The van der Waals surface area contributed by atoms with Crippen molar-refractivity contribution in [3.8, 4) is 0 Å². The molecule has 2 N–H and O–H groups in total. The van der Waals surface area contributed by atoms with Crippen molar-refractivity contribution in [2.24, 2.45) is 0 Å². The normalized spacial score (nSPS) is 13.3. The third-order valence-electron chi connectivity index (χ3n) is 6.10. The Balaban J connectivity index is 1.46. The highest BCUT2D eigenvalue weighted by atomic mass is 32.2. The van der Waals surface area contributed by atoms with E-state index in [4.69, 9.17) is 4.74 Å². The number of benzene rings is 2. The number of rotatable bonds is 8. The first-order valence-corrected chi connectivity index (χ1v) is 14.1. The lowest BCUT2D eigenvalue weighted by molar-refractivity contribution is -0.129. The molecule has 1 unspecified atom stereocenters. The van der Waals surface area contributed by atoms with E-state index in [2.05, 4.69) is 10.6 Å². The second-order valence-corrected chi connectivity index (χ2v) is 11.4. The summed E-state index contributed by atoms with van der Waals surface area (Å²) in [6.45, 7) is 6.07. The molecule has 39 heavy (non-hydrogen) atoms. The molecule has 8 nitrogen and oxygen atoms in total. The Hall–Kier alpha value is -3.70. The number of ether oxygens (including phenoxy) is 1. The first-order chi connectivity index (χ1) is 18.7. The van der Waals surface area contributed by atoms with Crippen molar-refractivity contribution in [3.63, 3.8) is 0 Å². The number of halogens is 1. The highest BCUT2D eigenvalue weighted by Gasteiger charge is 2.31. The average Bonchev–Trinajstić information content (AvgIpc) is 3.26. The Morgan fingerprint density at radius 1 is 1.13 bits per heavy atom. The van der Waals surface area contributed by atoms with Crippen molar-refractivity contribution in [2.75, 3.05) is 23.8 Å². The van der Waals surface area contributed by atoms with Crippen molar-refractivity contribution < 1.29 is 28.3 Å². The van der Waals surface area contributed by atoms with Crippen LogP contribution in [0.15, 0.2) is 53.4 Å². The molecule has 2 heterocycles. The van der Waals surface area contributed by atoms with Crippen LogP contribution in [0.5, 0.6) is 0 Å². The van der Waals surface area contributed by atoms with Crippen LogP contribution in [0.1, 0.15) is 51.9 Å². The van der Waals surface area contributed by atoms with Gasteiger partial charge < -0.3 is 20.3 Å². The third kappa shape index (κ3) is 6.85. The fraction of sp³-hybridized carbons (Fsp3) is 0.286. The average molecular weight is 570 g/mol. The van der Waals surface area contributed by atoms with Gasteiger partial charge in [-0.3, -0.25) is 14.4 Å². The van der Waals surface area contributed by atoms with E-state index in [1.165, 1.54) is 54.3 Å². The fourth-order valence-electron chi connectivity index (χ4n) is 4.10. The van der Waals surface area contributed by atoms with E-state index < -0.39 is 17.0 Å². The number of fused-ring (bicyclic) bond motifs is 1. The fourth-order valence-corrected chi connectivity index (χ4v) is 6.28. The predicted molar refractivity (Wildman–Crippen MR) is 150 cm³/mol. The monoisotopic (exact) mass is 569 g/mol. The number of hydrogen-bond acceptors (Lipinski definition) is 7. The van der Waals surface area contributed by atoms with E-state index in [9.17, 15) is 23.6 Å². The lowest BCUT2D eigenvalue weighted by Crippen LogP contribution is -2.34. The number of esters is 1. The SMILES string of the molecule is CCOC(=O)c1c(NC(=O)C(C)Sc2cccc(NC(=O)c3ccc(F)cc3)c2)sc2c1CCN(C(C)=O)C2. The van der Waals surface area contributed by atoms with Crippen LogP contribution in [-0.2, 0) is 27.3 Å². The second-order valence-electron chi connectivity index (χ2n) is 8.86. The molecule has 0 aliphatic carbocycles. The van der Waals surface area contributed by atoms with E-state index in [1.54, 1.807) is 36.9 Å². The van der Waals surface area contributed by atoms with Crippen LogP contribution in [0.4, 0.5) is 15.1 Å². The van der Waals surface area contributed by atoms with Crippen molar-refractivity contribution >= 4 is 57.5 Å². The van der Waals surface area contributed by atoms with Gasteiger partial charge in [0, 0.05) is 34.5 Å². The molecule has 0 fully saturated rings. The van der Waals surface area contributed by atoms with Crippen molar-refractivity contribution in [3.05, 3.63) is 75.9 Å². The van der Waals surface area contributed by atoms with Crippen LogP contribution in [-0.4, -0.2) is 47.0 Å². The molecule has 0 saturated carbocycles. The van der Waals surface area contributed by atoms with Gasteiger partial charge in [-0.15, -0.1) is 23.1 Å².